The number of aliphatic hydroxyl groups is 1. The number of anilines is 1. The number of hydrogen-bond acceptors (Lipinski definition) is 10. The van der Waals surface area contributed by atoms with Gasteiger partial charge in [-0.2, -0.15) is 4.90 Å². The number of hydrogen-bond donors (Lipinski definition) is 2. The van der Waals surface area contributed by atoms with E-state index >= 15 is 0 Å². The third-order valence-electron chi connectivity index (χ3n) is 7.14. The second-order valence-corrected chi connectivity index (χ2v) is 15.1. The molecule has 2 aromatic heterocycles. The molecule has 0 aliphatic rings. The minimum atomic E-state index is -1.07. The molecule has 0 bridgehead atoms. The highest BCUT2D eigenvalue weighted by Gasteiger charge is 2.37. The van der Waals surface area contributed by atoms with E-state index in [0.29, 0.717) is 28.5 Å². The molecule has 0 fully saturated rings. The van der Waals surface area contributed by atoms with Crippen molar-refractivity contribution in [3.8, 4) is 17.2 Å². The van der Waals surface area contributed by atoms with Crippen molar-refractivity contribution in [3.63, 3.8) is 0 Å². The van der Waals surface area contributed by atoms with Gasteiger partial charge in [-0.3, -0.25) is 9.13 Å². The summed E-state index contributed by atoms with van der Waals surface area (Å²) in [6.07, 6.45) is -0.886. The third kappa shape index (κ3) is 10.3. The molecule has 14 heteroatoms. The van der Waals surface area contributed by atoms with Crippen LogP contribution >= 0.6 is 0 Å². The first-order chi connectivity index (χ1) is 24.3. The summed E-state index contributed by atoms with van der Waals surface area (Å²) < 4.78 is 25.5. The van der Waals surface area contributed by atoms with E-state index in [2.05, 4.69) is 10.3 Å². The molecule has 2 aromatic carbocycles. The number of carbonyl (C=O) groups is 3. The van der Waals surface area contributed by atoms with Crippen LogP contribution in [-0.2, 0) is 14.2 Å². The van der Waals surface area contributed by atoms with Gasteiger partial charge in [0.1, 0.15) is 33.8 Å². The van der Waals surface area contributed by atoms with Gasteiger partial charge in [0.2, 0.25) is 0 Å². The molecule has 0 unspecified atom stereocenters. The van der Waals surface area contributed by atoms with Crippen molar-refractivity contribution in [2.75, 3.05) is 18.1 Å². The van der Waals surface area contributed by atoms with E-state index in [1.165, 1.54) is 15.3 Å². The quantitative estimate of drug-likeness (QED) is 0.157. The van der Waals surface area contributed by atoms with E-state index in [4.69, 9.17) is 18.9 Å². The maximum Gasteiger partial charge on any atom is 0.425 e. The van der Waals surface area contributed by atoms with Gasteiger partial charge in [0.15, 0.2) is 5.82 Å². The number of rotatable bonds is 10. The van der Waals surface area contributed by atoms with E-state index in [-0.39, 0.29) is 36.4 Å². The maximum atomic E-state index is 14.7. The first-order valence-corrected chi connectivity index (χ1v) is 17.1. The topological polar surface area (TPSA) is 163 Å². The Bertz CT molecular complexity index is 1890. The van der Waals surface area contributed by atoms with Crippen LogP contribution in [0.5, 0.6) is 11.5 Å². The number of nitrogens with zero attached hydrogens (tertiary/aromatic N) is 4. The Morgan fingerprint density at radius 1 is 0.808 bits per heavy atom. The molecule has 52 heavy (non-hydrogen) atoms. The van der Waals surface area contributed by atoms with Crippen LogP contribution in [0.25, 0.3) is 16.7 Å². The van der Waals surface area contributed by atoms with Crippen LogP contribution in [0.2, 0.25) is 0 Å². The van der Waals surface area contributed by atoms with E-state index < -0.39 is 46.8 Å². The summed E-state index contributed by atoms with van der Waals surface area (Å²) in [6.45, 7) is 14.9. The highest BCUT2D eigenvalue weighted by Crippen LogP contribution is 2.32. The summed E-state index contributed by atoms with van der Waals surface area (Å²) in [5.41, 5.74) is -2.61. The lowest BCUT2D eigenvalue weighted by molar-refractivity contribution is 0.0426. The molecule has 1 atom stereocenters. The number of nitrogens with one attached hydrogen (secondary N) is 1. The van der Waals surface area contributed by atoms with Crippen LogP contribution in [-0.4, -0.2) is 67.5 Å². The Kier molecular flexibility index (Phi) is 12.0. The fraction of sp³-hybridized carbons (Fsp3) is 0.447. The van der Waals surface area contributed by atoms with Crippen molar-refractivity contribution in [3.05, 3.63) is 77.3 Å². The number of para-hydroxylation sites is 1. The summed E-state index contributed by atoms with van der Waals surface area (Å²) in [5, 5.41) is 12.5. The van der Waals surface area contributed by atoms with Gasteiger partial charge < -0.3 is 29.4 Å². The van der Waals surface area contributed by atoms with Crippen molar-refractivity contribution in [1.82, 2.24) is 19.4 Å². The van der Waals surface area contributed by atoms with E-state index in [1.807, 2.05) is 30.3 Å². The number of amides is 3. The smallest absolute Gasteiger partial charge is 0.425 e. The zero-order valence-corrected chi connectivity index (χ0v) is 31.3. The second kappa shape index (κ2) is 15.9. The van der Waals surface area contributed by atoms with Gasteiger partial charge >= 0.3 is 24.0 Å². The molecule has 0 saturated heterocycles. The molecule has 3 amide bonds. The largest absolute Gasteiger partial charge is 0.457 e. The maximum absolute atomic E-state index is 14.7. The van der Waals surface area contributed by atoms with Crippen molar-refractivity contribution in [1.29, 1.82) is 0 Å². The van der Waals surface area contributed by atoms with Crippen LogP contribution in [0.4, 0.5) is 20.2 Å². The molecule has 0 aliphatic carbocycles. The molecule has 2 heterocycles. The normalized spacial score (nSPS) is 12.6. The lowest BCUT2D eigenvalue weighted by Gasteiger charge is -2.28. The number of ether oxygens (including phenoxy) is 4. The fourth-order valence-corrected chi connectivity index (χ4v) is 5.22. The van der Waals surface area contributed by atoms with E-state index in [0.717, 1.165) is 0 Å². The zero-order chi connectivity index (χ0) is 38.4. The molecular weight excluding hydrogens is 670 g/mol. The van der Waals surface area contributed by atoms with Crippen molar-refractivity contribution < 1.29 is 38.4 Å². The average molecular weight is 720 g/mol. The van der Waals surface area contributed by atoms with Crippen molar-refractivity contribution in [2.24, 2.45) is 0 Å². The van der Waals surface area contributed by atoms with Gasteiger partial charge in [-0.25, -0.2) is 24.2 Å². The standard InChI is InChI=1S/C38H49N5O9/c1-36(2,3)50-32(45)40-24-26(14-13-23-44)41-29-21-22-39-31(43(34(47)51-37(4,5)6)35(48)52-38(7,8)9)30(29)42(33(41)46)25-17-19-28(20-18-25)49-27-15-11-10-12-16-27/h10-12,15-22,26,44H,13-14,23-24H2,1-9H3,(H,40,45)/t26-/m1/s1. The van der Waals surface area contributed by atoms with Crippen LogP contribution < -0.4 is 20.6 Å². The Balaban J connectivity index is 1.97. The van der Waals surface area contributed by atoms with E-state index in [1.54, 1.807) is 92.6 Å². The summed E-state index contributed by atoms with van der Waals surface area (Å²) >= 11 is 0. The molecule has 280 valence electrons. The number of fused-ring (bicyclic) bond motifs is 1. The molecule has 4 rings (SSSR count). The molecular formula is C38H49N5O9. The Labute approximate surface area is 303 Å². The molecule has 0 aliphatic heterocycles. The minimum Gasteiger partial charge on any atom is -0.457 e. The van der Waals surface area contributed by atoms with Crippen LogP contribution in [0.1, 0.15) is 81.2 Å². The number of alkyl carbamates (subject to hydrolysis) is 1. The van der Waals surface area contributed by atoms with Crippen LogP contribution in [0.3, 0.4) is 0 Å². The molecule has 0 saturated carbocycles. The highest BCUT2D eigenvalue weighted by molar-refractivity contribution is 6.13. The number of imide groups is 1. The first kappa shape index (κ1) is 39.4. The fourth-order valence-electron chi connectivity index (χ4n) is 5.22. The Morgan fingerprint density at radius 3 is 1.90 bits per heavy atom. The second-order valence-electron chi connectivity index (χ2n) is 15.1. The van der Waals surface area contributed by atoms with Crippen molar-refractivity contribution >= 4 is 35.1 Å². The summed E-state index contributed by atoms with van der Waals surface area (Å²) in [7, 11) is 0. The number of pyridine rings is 1. The third-order valence-corrected chi connectivity index (χ3v) is 7.14. The Hall–Kier alpha value is -5.37. The highest BCUT2D eigenvalue weighted by atomic mass is 16.6. The monoisotopic (exact) mass is 719 g/mol. The average Bonchev–Trinajstić information content (AvgIpc) is 3.32. The molecule has 4 aromatic rings. The number of aliphatic hydroxyl groups excluding tert-OH is 1. The predicted molar refractivity (Wildman–Crippen MR) is 196 cm³/mol. The lowest BCUT2D eigenvalue weighted by Crippen LogP contribution is -2.44. The van der Waals surface area contributed by atoms with Crippen LogP contribution in [0, 0.1) is 0 Å². The van der Waals surface area contributed by atoms with Gasteiger partial charge in [0.05, 0.1) is 17.2 Å². The summed E-state index contributed by atoms with van der Waals surface area (Å²) in [6, 6.07) is 16.7. The number of imidazole rings is 1. The van der Waals surface area contributed by atoms with E-state index in [9.17, 15) is 24.3 Å². The number of aromatic nitrogens is 3. The van der Waals surface area contributed by atoms with Crippen molar-refractivity contribution in [2.45, 2.75) is 98.0 Å². The number of benzene rings is 2. The zero-order valence-electron chi connectivity index (χ0n) is 31.3. The Morgan fingerprint density at radius 2 is 1.37 bits per heavy atom. The first-order valence-electron chi connectivity index (χ1n) is 17.1. The summed E-state index contributed by atoms with van der Waals surface area (Å²) in [5.74, 6) is 0.893. The van der Waals surface area contributed by atoms with Crippen LogP contribution in [0.15, 0.2) is 71.7 Å². The minimum absolute atomic E-state index is 0.0444. The molecule has 0 radical (unpaired) electrons. The molecule has 0 spiro atoms. The molecule has 14 nitrogen and oxygen atoms in total. The van der Waals surface area contributed by atoms with Gasteiger partial charge in [-0.05, 0) is 118 Å². The lowest BCUT2D eigenvalue weighted by atomic mass is 10.1. The summed E-state index contributed by atoms with van der Waals surface area (Å²) in [4.78, 5) is 60.2. The SMILES string of the molecule is CC(C)(C)OC(=O)NC[C@@H](CCCO)n1c(=O)n(-c2ccc(Oc3ccccc3)cc2)c2c(N(C(=O)OC(C)(C)C)C(=O)OC(C)(C)C)nccc21. The van der Waals surface area contributed by atoms with Gasteiger partial charge in [-0.1, -0.05) is 18.2 Å². The van der Waals surface area contributed by atoms with Gasteiger partial charge in [0.25, 0.3) is 0 Å². The number of carbonyl (C=O) groups excluding carboxylic acids is 3. The van der Waals surface area contributed by atoms with Gasteiger partial charge in [0, 0.05) is 19.3 Å². The van der Waals surface area contributed by atoms with Gasteiger partial charge in [-0.15, -0.1) is 0 Å². The molecule has 2 N–H and O–H groups in total. The predicted octanol–water partition coefficient (Wildman–Crippen LogP) is 7.49.